The third-order valence-corrected chi connectivity index (χ3v) is 6.10. The quantitative estimate of drug-likeness (QED) is 0.562. The molecule has 1 amide bonds. The zero-order valence-electron chi connectivity index (χ0n) is 17.2. The Balaban J connectivity index is 1.46. The summed E-state index contributed by atoms with van der Waals surface area (Å²) in [6.07, 6.45) is 2.51. The third-order valence-electron chi connectivity index (χ3n) is 5.06. The molecular weight excluding hydrogens is 402 g/mol. The highest BCUT2D eigenvalue weighted by molar-refractivity contribution is 7.98. The lowest BCUT2D eigenvalue weighted by Crippen LogP contribution is -2.36. The minimum Gasteiger partial charge on any atom is -0.481 e. The lowest BCUT2D eigenvalue weighted by molar-refractivity contribution is 0.0724. The van der Waals surface area contributed by atoms with Gasteiger partial charge in [0, 0.05) is 20.1 Å². The number of methoxy groups -OCH3 is 2. The van der Waals surface area contributed by atoms with Crippen molar-refractivity contribution in [3.8, 4) is 11.8 Å². The molecule has 1 aliphatic rings. The topological polar surface area (TPSA) is 82.4 Å². The lowest BCUT2D eigenvalue weighted by atomic mass is 10.00. The van der Waals surface area contributed by atoms with Gasteiger partial charge in [-0.1, -0.05) is 36.0 Å². The summed E-state index contributed by atoms with van der Waals surface area (Å²) in [5, 5.41) is 0.723. The number of thioether (sulfide) groups is 1. The lowest BCUT2D eigenvalue weighted by Gasteiger charge is -2.28. The van der Waals surface area contributed by atoms with Crippen LogP contribution in [0.3, 0.4) is 0 Å². The molecule has 1 aromatic carbocycles. The van der Waals surface area contributed by atoms with Gasteiger partial charge in [-0.05, 0) is 17.5 Å². The van der Waals surface area contributed by atoms with E-state index < -0.39 is 0 Å². The molecule has 0 N–H and O–H groups in total. The highest BCUT2D eigenvalue weighted by Gasteiger charge is 2.24. The molecule has 3 heterocycles. The first kappa shape index (κ1) is 20.2. The normalized spacial score (nSPS) is 13.1. The number of carbonyl (C=O) groups is 1. The Morgan fingerprint density at radius 1 is 1.13 bits per heavy atom. The Kier molecular flexibility index (Phi) is 5.89. The summed E-state index contributed by atoms with van der Waals surface area (Å²) in [5.74, 6) is 1.92. The fraction of sp³-hybridized carbons (Fsp3) is 0.333. The Hall–Kier alpha value is -3.07. The van der Waals surface area contributed by atoms with Crippen molar-refractivity contribution in [2.45, 2.75) is 23.9 Å². The summed E-state index contributed by atoms with van der Waals surface area (Å²) < 4.78 is 12.2. The molecule has 2 aromatic heterocycles. The molecule has 4 rings (SSSR count). The molecule has 30 heavy (non-hydrogen) atoms. The predicted octanol–water partition coefficient (Wildman–Crippen LogP) is 2.72. The van der Waals surface area contributed by atoms with Gasteiger partial charge in [0.1, 0.15) is 11.5 Å². The number of carbonyl (C=O) groups excluding carboxylic acids is 1. The second-order valence-electron chi connectivity index (χ2n) is 6.89. The highest BCUT2D eigenvalue weighted by atomic mass is 32.2. The smallest absolute Gasteiger partial charge is 0.272 e. The van der Waals surface area contributed by atoms with E-state index in [1.807, 2.05) is 28.6 Å². The standard InChI is InChI=1S/C21H23N5O3S/c1-25-16(20(27)26-9-8-14-6-4-5-7-15(14)12-26)11-22-21(25)30-13-17-23-18(28-2)10-19(24-17)29-3/h4-7,10-11H,8-9,12-13H2,1-3H3. The van der Waals surface area contributed by atoms with Gasteiger partial charge in [0.05, 0.1) is 32.2 Å². The molecule has 0 atom stereocenters. The summed E-state index contributed by atoms with van der Waals surface area (Å²) in [7, 11) is 4.95. The monoisotopic (exact) mass is 425 g/mol. The molecule has 0 fully saturated rings. The van der Waals surface area contributed by atoms with E-state index in [2.05, 4.69) is 27.1 Å². The van der Waals surface area contributed by atoms with Gasteiger partial charge in [0.25, 0.3) is 5.91 Å². The number of aromatic nitrogens is 4. The summed E-state index contributed by atoms with van der Waals surface area (Å²) >= 11 is 1.46. The van der Waals surface area contributed by atoms with Gasteiger partial charge in [-0.3, -0.25) is 4.79 Å². The Morgan fingerprint density at radius 3 is 2.53 bits per heavy atom. The van der Waals surface area contributed by atoms with Gasteiger partial charge in [-0.25, -0.2) is 4.98 Å². The van der Waals surface area contributed by atoms with Crippen molar-refractivity contribution < 1.29 is 14.3 Å². The van der Waals surface area contributed by atoms with Crippen molar-refractivity contribution in [3.63, 3.8) is 0 Å². The molecule has 0 unspecified atom stereocenters. The van der Waals surface area contributed by atoms with E-state index in [4.69, 9.17) is 9.47 Å². The number of ether oxygens (including phenoxy) is 2. The summed E-state index contributed by atoms with van der Waals surface area (Å²) in [6, 6.07) is 9.90. The van der Waals surface area contributed by atoms with E-state index in [1.54, 1.807) is 26.5 Å². The maximum Gasteiger partial charge on any atom is 0.272 e. The van der Waals surface area contributed by atoms with E-state index in [0.717, 1.165) is 11.6 Å². The van der Waals surface area contributed by atoms with Crippen LogP contribution < -0.4 is 9.47 Å². The number of fused-ring (bicyclic) bond motifs is 1. The van der Waals surface area contributed by atoms with E-state index in [-0.39, 0.29) is 5.91 Å². The number of rotatable bonds is 6. The van der Waals surface area contributed by atoms with Crippen LogP contribution in [0.25, 0.3) is 0 Å². The number of benzene rings is 1. The molecule has 1 aliphatic heterocycles. The molecule has 0 radical (unpaired) electrons. The zero-order chi connectivity index (χ0) is 21.1. The first-order valence-corrected chi connectivity index (χ1v) is 10.5. The zero-order valence-corrected chi connectivity index (χ0v) is 18.0. The van der Waals surface area contributed by atoms with Crippen LogP contribution >= 0.6 is 11.8 Å². The average Bonchev–Trinajstić information content (AvgIpc) is 3.16. The van der Waals surface area contributed by atoms with Gasteiger partial charge in [-0.2, -0.15) is 9.97 Å². The molecule has 156 valence electrons. The van der Waals surface area contributed by atoms with Crippen molar-refractivity contribution in [3.05, 3.63) is 59.2 Å². The number of amides is 1. The van der Waals surface area contributed by atoms with Gasteiger partial charge < -0.3 is 18.9 Å². The van der Waals surface area contributed by atoms with Gasteiger partial charge in [0.2, 0.25) is 11.8 Å². The van der Waals surface area contributed by atoms with E-state index in [9.17, 15) is 4.79 Å². The summed E-state index contributed by atoms with van der Waals surface area (Å²) in [4.78, 5) is 28.1. The Labute approximate surface area is 179 Å². The molecular formula is C21H23N5O3S. The van der Waals surface area contributed by atoms with Crippen LogP contribution in [0.5, 0.6) is 11.8 Å². The predicted molar refractivity (Wildman–Crippen MR) is 113 cm³/mol. The first-order chi connectivity index (χ1) is 14.6. The molecule has 0 saturated heterocycles. The van der Waals surface area contributed by atoms with Crippen molar-refractivity contribution >= 4 is 17.7 Å². The second kappa shape index (κ2) is 8.74. The van der Waals surface area contributed by atoms with Crippen molar-refractivity contribution in [2.24, 2.45) is 7.05 Å². The van der Waals surface area contributed by atoms with Crippen LogP contribution in [0.2, 0.25) is 0 Å². The van der Waals surface area contributed by atoms with Crippen LogP contribution in [0, 0.1) is 0 Å². The number of hydrogen-bond acceptors (Lipinski definition) is 7. The second-order valence-corrected chi connectivity index (χ2v) is 7.83. The molecule has 0 saturated carbocycles. The van der Waals surface area contributed by atoms with Crippen LogP contribution in [0.4, 0.5) is 0 Å². The van der Waals surface area contributed by atoms with Crippen LogP contribution in [-0.2, 0) is 25.8 Å². The fourth-order valence-corrected chi connectivity index (χ4v) is 4.22. The van der Waals surface area contributed by atoms with Gasteiger partial charge in [-0.15, -0.1) is 0 Å². The van der Waals surface area contributed by atoms with Crippen LogP contribution in [0.15, 0.2) is 41.7 Å². The minimum atomic E-state index is -0.00865. The maximum absolute atomic E-state index is 13.1. The Morgan fingerprint density at radius 2 is 1.83 bits per heavy atom. The molecule has 3 aromatic rings. The molecule has 0 spiro atoms. The van der Waals surface area contributed by atoms with E-state index in [1.165, 1.54) is 22.9 Å². The number of imidazole rings is 1. The molecule has 8 nitrogen and oxygen atoms in total. The Bertz CT molecular complexity index is 1050. The van der Waals surface area contributed by atoms with Crippen molar-refractivity contribution in [2.75, 3.05) is 20.8 Å². The van der Waals surface area contributed by atoms with Crippen molar-refractivity contribution in [1.29, 1.82) is 0 Å². The van der Waals surface area contributed by atoms with Gasteiger partial charge in [0.15, 0.2) is 5.16 Å². The minimum absolute atomic E-state index is 0.00865. The van der Waals surface area contributed by atoms with Crippen LogP contribution in [-0.4, -0.2) is 51.1 Å². The number of nitrogens with zero attached hydrogens (tertiary/aromatic N) is 5. The summed E-state index contributed by atoms with van der Waals surface area (Å²) in [5.41, 5.74) is 3.09. The number of hydrogen-bond donors (Lipinski definition) is 0. The first-order valence-electron chi connectivity index (χ1n) is 9.55. The van der Waals surface area contributed by atoms with E-state index >= 15 is 0 Å². The fourth-order valence-electron chi connectivity index (χ4n) is 3.41. The maximum atomic E-state index is 13.1. The van der Waals surface area contributed by atoms with Crippen molar-refractivity contribution in [1.82, 2.24) is 24.4 Å². The van der Waals surface area contributed by atoms with Gasteiger partial charge >= 0.3 is 0 Å². The largest absolute Gasteiger partial charge is 0.481 e. The van der Waals surface area contributed by atoms with E-state index in [0.29, 0.717) is 42.1 Å². The molecule has 9 heteroatoms. The summed E-state index contributed by atoms with van der Waals surface area (Å²) in [6.45, 7) is 1.33. The average molecular weight is 426 g/mol. The molecule has 0 aliphatic carbocycles. The third kappa shape index (κ3) is 4.11. The highest BCUT2D eigenvalue weighted by Crippen LogP contribution is 2.25. The molecule has 0 bridgehead atoms. The SMILES string of the molecule is COc1cc(OC)nc(CSc2ncc(C(=O)N3CCc4ccccc4C3)n2C)n1. The van der Waals surface area contributed by atoms with Crippen LogP contribution in [0.1, 0.15) is 27.4 Å².